The minimum Gasteiger partial charge on any atom is -0.456 e. The first kappa shape index (κ1) is 31.6. The molecule has 0 saturated heterocycles. The number of fused-ring (bicyclic) bond motifs is 4. The summed E-state index contributed by atoms with van der Waals surface area (Å²) in [5, 5.41) is 4.69. The SMILES string of the molecule is c1ccc(-c2ccc(-c3ccc(N(c4ccc(-c5ccc6cccc(-c7ccccc7)c6c5)cc4)c4cccc5oc6ccccc6c45)cc3)cc2)cc1. The predicted molar refractivity (Wildman–Crippen MR) is 228 cm³/mol. The van der Waals surface area contributed by atoms with Crippen molar-refractivity contribution in [2.24, 2.45) is 0 Å². The van der Waals surface area contributed by atoms with Gasteiger partial charge in [-0.25, -0.2) is 0 Å². The summed E-state index contributed by atoms with van der Waals surface area (Å²) in [6.45, 7) is 0. The topological polar surface area (TPSA) is 16.4 Å². The van der Waals surface area contributed by atoms with Crippen LogP contribution in [0.1, 0.15) is 0 Å². The van der Waals surface area contributed by atoms with Crippen molar-refractivity contribution in [1.29, 1.82) is 0 Å². The highest BCUT2D eigenvalue weighted by Gasteiger charge is 2.19. The number of hydrogen-bond acceptors (Lipinski definition) is 2. The van der Waals surface area contributed by atoms with E-state index in [0.29, 0.717) is 0 Å². The third kappa shape index (κ3) is 5.71. The summed E-state index contributed by atoms with van der Waals surface area (Å²) < 4.78 is 6.36. The molecule has 0 bridgehead atoms. The van der Waals surface area contributed by atoms with Gasteiger partial charge in [-0.05, 0) is 104 Å². The molecule has 0 aliphatic carbocycles. The Hall–Kier alpha value is -7.16. The Balaban J connectivity index is 1.05. The van der Waals surface area contributed by atoms with Gasteiger partial charge in [-0.15, -0.1) is 0 Å². The quantitative estimate of drug-likeness (QED) is 0.166. The maximum absolute atomic E-state index is 6.36. The second-order valence-electron chi connectivity index (χ2n) is 13.7. The third-order valence-corrected chi connectivity index (χ3v) is 10.5. The van der Waals surface area contributed by atoms with E-state index in [2.05, 4.69) is 205 Å². The van der Waals surface area contributed by atoms with E-state index in [1.54, 1.807) is 0 Å². The Morgan fingerprint density at radius 3 is 1.48 bits per heavy atom. The average molecular weight is 690 g/mol. The van der Waals surface area contributed by atoms with Gasteiger partial charge in [0.2, 0.25) is 0 Å². The second-order valence-corrected chi connectivity index (χ2v) is 13.7. The van der Waals surface area contributed by atoms with Crippen molar-refractivity contribution >= 4 is 49.8 Å². The van der Waals surface area contributed by atoms with Crippen LogP contribution in [0.2, 0.25) is 0 Å². The monoisotopic (exact) mass is 689 g/mol. The summed E-state index contributed by atoms with van der Waals surface area (Å²) in [4.78, 5) is 2.35. The molecule has 9 aromatic carbocycles. The number of nitrogens with zero attached hydrogens (tertiary/aromatic N) is 1. The molecule has 10 rings (SSSR count). The Morgan fingerprint density at radius 1 is 0.315 bits per heavy atom. The van der Waals surface area contributed by atoms with Crippen molar-refractivity contribution in [3.8, 4) is 44.5 Å². The van der Waals surface area contributed by atoms with Crippen molar-refractivity contribution in [2.45, 2.75) is 0 Å². The molecule has 254 valence electrons. The fraction of sp³-hybridized carbons (Fsp3) is 0. The zero-order valence-corrected chi connectivity index (χ0v) is 29.6. The third-order valence-electron chi connectivity index (χ3n) is 10.5. The molecule has 0 radical (unpaired) electrons. The fourth-order valence-corrected chi connectivity index (χ4v) is 7.78. The molecule has 0 aliphatic rings. The molecule has 1 aromatic heterocycles. The van der Waals surface area contributed by atoms with Crippen LogP contribution in [0.25, 0.3) is 77.2 Å². The van der Waals surface area contributed by atoms with Crippen LogP contribution in [-0.4, -0.2) is 0 Å². The average Bonchev–Trinajstić information content (AvgIpc) is 3.64. The van der Waals surface area contributed by atoms with Crippen LogP contribution in [0.3, 0.4) is 0 Å². The van der Waals surface area contributed by atoms with Crippen LogP contribution >= 0.6 is 0 Å². The highest BCUT2D eigenvalue weighted by Crippen LogP contribution is 2.44. The fourth-order valence-electron chi connectivity index (χ4n) is 7.78. The van der Waals surface area contributed by atoms with Gasteiger partial charge in [0.15, 0.2) is 0 Å². The molecule has 0 N–H and O–H groups in total. The Morgan fingerprint density at radius 2 is 0.815 bits per heavy atom. The van der Waals surface area contributed by atoms with E-state index < -0.39 is 0 Å². The molecule has 0 aliphatic heterocycles. The summed E-state index contributed by atoms with van der Waals surface area (Å²) in [6.07, 6.45) is 0. The number of hydrogen-bond donors (Lipinski definition) is 0. The first-order valence-corrected chi connectivity index (χ1v) is 18.4. The van der Waals surface area contributed by atoms with Crippen molar-refractivity contribution in [1.82, 2.24) is 0 Å². The van der Waals surface area contributed by atoms with E-state index in [1.807, 2.05) is 12.1 Å². The normalized spacial score (nSPS) is 11.3. The summed E-state index contributed by atoms with van der Waals surface area (Å²) in [5.41, 5.74) is 14.6. The van der Waals surface area contributed by atoms with E-state index in [-0.39, 0.29) is 0 Å². The molecule has 0 fully saturated rings. The van der Waals surface area contributed by atoms with Crippen LogP contribution in [0.4, 0.5) is 17.1 Å². The molecule has 10 aromatic rings. The zero-order chi connectivity index (χ0) is 35.8. The number of anilines is 3. The van der Waals surface area contributed by atoms with Gasteiger partial charge in [0.25, 0.3) is 0 Å². The van der Waals surface area contributed by atoms with Crippen LogP contribution in [0.5, 0.6) is 0 Å². The lowest BCUT2D eigenvalue weighted by Crippen LogP contribution is -2.10. The zero-order valence-electron chi connectivity index (χ0n) is 29.6. The number of para-hydroxylation sites is 1. The highest BCUT2D eigenvalue weighted by atomic mass is 16.3. The molecule has 2 nitrogen and oxygen atoms in total. The molecule has 1 heterocycles. The summed E-state index contributed by atoms with van der Waals surface area (Å²) >= 11 is 0. The van der Waals surface area contributed by atoms with E-state index in [9.17, 15) is 0 Å². The first-order chi connectivity index (χ1) is 26.8. The molecule has 0 unspecified atom stereocenters. The largest absolute Gasteiger partial charge is 0.456 e. The van der Waals surface area contributed by atoms with Gasteiger partial charge in [-0.1, -0.05) is 164 Å². The van der Waals surface area contributed by atoms with Crippen LogP contribution in [0.15, 0.2) is 217 Å². The smallest absolute Gasteiger partial charge is 0.137 e. The lowest BCUT2D eigenvalue weighted by atomic mass is 9.95. The van der Waals surface area contributed by atoms with Gasteiger partial charge >= 0.3 is 0 Å². The van der Waals surface area contributed by atoms with Crippen molar-refractivity contribution in [3.63, 3.8) is 0 Å². The van der Waals surface area contributed by atoms with E-state index in [4.69, 9.17) is 4.42 Å². The van der Waals surface area contributed by atoms with Gasteiger partial charge in [0, 0.05) is 16.8 Å². The van der Waals surface area contributed by atoms with Crippen molar-refractivity contribution < 1.29 is 4.42 Å². The Bertz CT molecular complexity index is 2890. The van der Waals surface area contributed by atoms with E-state index >= 15 is 0 Å². The van der Waals surface area contributed by atoms with Crippen molar-refractivity contribution in [2.75, 3.05) is 4.90 Å². The van der Waals surface area contributed by atoms with Gasteiger partial charge in [0.1, 0.15) is 11.2 Å². The lowest BCUT2D eigenvalue weighted by molar-refractivity contribution is 0.669. The standard InChI is InChI=1S/C52H35NO/c1-3-11-36(12-4-1)37-21-23-38(24-22-37)39-27-31-44(32-28-39)53(49-18-10-20-51-52(49)47-16-7-8-19-50(47)54-51)45-33-29-40(30-34-45)43-26-25-42-15-9-17-46(48(42)35-43)41-13-5-2-6-14-41/h1-35H. The lowest BCUT2D eigenvalue weighted by Gasteiger charge is -2.26. The molecular formula is C52H35NO. The van der Waals surface area contributed by atoms with Gasteiger partial charge in [-0.3, -0.25) is 0 Å². The van der Waals surface area contributed by atoms with E-state index in [1.165, 1.54) is 55.3 Å². The first-order valence-electron chi connectivity index (χ1n) is 18.4. The number of benzene rings is 9. The molecule has 0 atom stereocenters. The van der Waals surface area contributed by atoms with Crippen LogP contribution < -0.4 is 4.90 Å². The number of furan rings is 1. The molecule has 0 spiro atoms. The summed E-state index contributed by atoms with van der Waals surface area (Å²) in [5.74, 6) is 0. The molecule has 2 heteroatoms. The Labute approximate surface area is 314 Å². The highest BCUT2D eigenvalue weighted by molar-refractivity contribution is 6.13. The summed E-state index contributed by atoms with van der Waals surface area (Å²) in [6, 6.07) is 75.8. The van der Waals surface area contributed by atoms with E-state index in [0.717, 1.165) is 39.0 Å². The van der Waals surface area contributed by atoms with Gasteiger partial charge in [0.05, 0.1) is 11.1 Å². The minimum absolute atomic E-state index is 0.871. The number of rotatable bonds is 7. The molecule has 54 heavy (non-hydrogen) atoms. The maximum atomic E-state index is 6.36. The molecule has 0 amide bonds. The van der Waals surface area contributed by atoms with Gasteiger partial charge in [-0.2, -0.15) is 0 Å². The van der Waals surface area contributed by atoms with Crippen molar-refractivity contribution in [3.05, 3.63) is 212 Å². The Kier molecular flexibility index (Phi) is 7.85. The molecular weight excluding hydrogens is 655 g/mol. The molecule has 0 saturated carbocycles. The van der Waals surface area contributed by atoms with Crippen LogP contribution in [0, 0.1) is 0 Å². The van der Waals surface area contributed by atoms with Crippen LogP contribution in [-0.2, 0) is 0 Å². The predicted octanol–water partition coefficient (Wildman–Crippen LogP) is 14.9. The minimum atomic E-state index is 0.871. The second kappa shape index (κ2) is 13.4. The van der Waals surface area contributed by atoms with Gasteiger partial charge < -0.3 is 9.32 Å². The maximum Gasteiger partial charge on any atom is 0.137 e. The summed E-state index contributed by atoms with van der Waals surface area (Å²) in [7, 11) is 0.